The van der Waals surface area contributed by atoms with Gasteiger partial charge in [-0.3, -0.25) is 0 Å². The molecule has 23 heavy (non-hydrogen) atoms. The molecule has 2 aromatic carbocycles. The molecule has 2 heteroatoms. The molecule has 0 aliphatic heterocycles. The van der Waals surface area contributed by atoms with Crippen molar-refractivity contribution < 1.29 is 12.8 Å². The summed E-state index contributed by atoms with van der Waals surface area (Å²) in [4.78, 5) is 0. The smallest absolute Gasteiger partial charge is 0.236 e. The van der Waals surface area contributed by atoms with E-state index in [1.807, 2.05) is 54.0 Å². The van der Waals surface area contributed by atoms with Crippen molar-refractivity contribution in [1.82, 2.24) is 4.57 Å². The van der Waals surface area contributed by atoms with Gasteiger partial charge in [0.2, 0.25) is 0 Å². The van der Waals surface area contributed by atoms with Crippen molar-refractivity contribution in [3.05, 3.63) is 71.4 Å². The number of nitrogens with zero attached hydrogens (tertiary/aromatic N) is 2. The zero-order valence-corrected chi connectivity index (χ0v) is 13.1. The molecule has 0 bridgehead atoms. The lowest BCUT2D eigenvalue weighted by Crippen LogP contribution is -2.34. The Morgan fingerprint density at radius 2 is 1.70 bits per heavy atom. The lowest BCUT2D eigenvalue weighted by Gasteiger charge is -2.08. The van der Waals surface area contributed by atoms with Crippen LogP contribution in [0.2, 0.25) is 0 Å². The van der Waals surface area contributed by atoms with Gasteiger partial charge in [0, 0.05) is 25.1 Å². The maximum atomic E-state index is 7.92. The molecule has 4 rings (SSSR count). The number of aromatic nitrogens is 2. The summed E-state index contributed by atoms with van der Waals surface area (Å²) >= 11 is 0. The van der Waals surface area contributed by atoms with Crippen LogP contribution in [0, 0.1) is 20.6 Å². The molecule has 114 valence electrons. The Morgan fingerprint density at radius 1 is 0.913 bits per heavy atom. The van der Waals surface area contributed by atoms with Gasteiger partial charge in [0.1, 0.15) is 11.0 Å². The monoisotopic (exact) mass is 307 g/mol. The highest BCUT2D eigenvalue weighted by Crippen LogP contribution is 2.32. The van der Waals surface area contributed by atoms with Crippen molar-refractivity contribution in [2.75, 3.05) is 0 Å². The second kappa shape index (κ2) is 4.95. The molecule has 2 aromatic heterocycles. The van der Waals surface area contributed by atoms with E-state index in [9.17, 15) is 0 Å². The van der Waals surface area contributed by atoms with E-state index in [0.717, 1.165) is 27.4 Å². The zero-order valence-electron chi connectivity index (χ0n) is 19.1. The number of rotatable bonds is 1. The Kier molecular flexibility index (Phi) is 1.91. The first-order valence-corrected chi connectivity index (χ1v) is 7.54. The third-order valence-electron chi connectivity index (χ3n) is 4.37. The first-order chi connectivity index (χ1) is 13.5. The molecular formula is C21H21N2+. The van der Waals surface area contributed by atoms with Crippen molar-refractivity contribution in [2.24, 2.45) is 7.05 Å². The van der Waals surface area contributed by atoms with Crippen LogP contribution in [0.15, 0.2) is 54.7 Å². The maximum absolute atomic E-state index is 7.92. The van der Waals surface area contributed by atoms with E-state index in [-0.39, 0.29) is 11.1 Å². The summed E-state index contributed by atoms with van der Waals surface area (Å²) in [7, 11) is 1.74. The van der Waals surface area contributed by atoms with Gasteiger partial charge in [-0.05, 0) is 55.5 Å². The van der Waals surface area contributed by atoms with Gasteiger partial charge in [0.05, 0.1) is 13.2 Å². The van der Waals surface area contributed by atoms with E-state index < -0.39 is 13.7 Å². The highest BCUT2D eigenvalue weighted by atomic mass is 15.1. The summed E-state index contributed by atoms with van der Waals surface area (Å²) in [5.74, 6) is 0.602. The van der Waals surface area contributed by atoms with Crippen molar-refractivity contribution in [3.8, 4) is 5.82 Å². The fourth-order valence-corrected chi connectivity index (χ4v) is 3.29. The van der Waals surface area contributed by atoms with Crippen LogP contribution >= 0.6 is 0 Å². The first kappa shape index (κ1) is 8.88. The van der Waals surface area contributed by atoms with Crippen molar-refractivity contribution in [3.63, 3.8) is 0 Å². The normalized spacial score (nSPS) is 16.4. The van der Waals surface area contributed by atoms with Crippen LogP contribution in [0.5, 0.6) is 0 Å². The number of aryl methyl sites for hydroxylation is 4. The molecule has 0 unspecified atom stereocenters. The number of benzene rings is 2. The van der Waals surface area contributed by atoms with E-state index in [2.05, 4.69) is 0 Å². The molecule has 0 amide bonds. The molecule has 0 radical (unpaired) electrons. The lowest BCUT2D eigenvalue weighted by atomic mass is 10.1. The summed E-state index contributed by atoms with van der Waals surface area (Å²) in [6.45, 7) is -3.05. The number of hydrogen-bond donors (Lipinski definition) is 0. The van der Waals surface area contributed by atoms with E-state index >= 15 is 0 Å². The van der Waals surface area contributed by atoms with Gasteiger partial charge in [-0.15, -0.1) is 0 Å². The van der Waals surface area contributed by atoms with Crippen molar-refractivity contribution in [1.29, 1.82) is 0 Å². The minimum absolute atomic E-state index is 0.148. The average molecular weight is 307 g/mol. The number of pyridine rings is 1. The standard InChI is InChI=1S/C21H21N2/c1-14-8-7-10-18-17-9-5-6-11-19(17)23(21(14)18)20-12-15(2)16(3)13-22(20)4/h5-13H,1-4H3/q+1/i2D3,3D3. The van der Waals surface area contributed by atoms with E-state index in [4.69, 9.17) is 8.22 Å². The van der Waals surface area contributed by atoms with Crippen LogP contribution in [0.1, 0.15) is 24.9 Å². The SMILES string of the molecule is [2H]C([2H])([2H])c1cc(-n2c3ccccc3c3cccc(C)c32)[n+](C)cc1C([2H])([2H])[2H]. The predicted octanol–water partition coefficient (Wildman–Crippen LogP) is 4.53. The minimum atomic E-state index is -2.54. The second-order valence-corrected chi connectivity index (χ2v) is 5.89. The topological polar surface area (TPSA) is 8.81 Å². The Morgan fingerprint density at radius 3 is 2.52 bits per heavy atom. The van der Waals surface area contributed by atoms with E-state index in [1.165, 1.54) is 12.3 Å². The van der Waals surface area contributed by atoms with Gasteiger partial charge in [-0.2, -0.15) is 4.57 Å². The molecule has 0 atom stereocenters. The fourth-order valence-electron chi connectivity index (χ4n) is 3.29. The Balaban J connectivity index is 2.17. The molecule has 0 spiro atoms. The van der Waals surface area contributed by atoms with Crippen LogP contribution < -0.4 is 4.57 Å². The average Bonchev–Trinajstić information content (AvgIpc) is 2.96. The molecule has 0 aliphatic carbocycles. The van der Waals surface area contributed by atoms with Crippen LogP contribution in [-0.4, -0.2) is 4.57 Å². The van der Waals surface area contributed by atoms with Gasteiger partial charge in [0.15, 0.2) is 0 Å². The highest BCUT2D eigenvalue weighted by molar-refractivity contribution is 6.09. The molecular weight excluding hydrogens is 280 g/mol. The lowest BCUT2D eigenvalue weighted by molar-refractivity contribution is -0.665. The summed E-state index contributed by atoms with van der Waals surface area (Å²) in [5, 5.41) is 2.12. The maximum Gasteiger partial charge on any atom is 0.286 e. The first-order valence-electron chi connectivity index (χ1n) is 10.5. The molecule has 4 aromatic rings. The van der Waals surface area contributed by atoms with Crippen molar-refractivity contribution >= 4 is 21.8 Å². The highest BCUT2D eigenvalue weighted by Gasteiger charge is 2.22. The van der Waals surface area contributed by atoms with Gasteiger partial charge < -0.3 is 0 Å². The van der Waals surface area contributed by atoms with E-state index in [0.29, 0.717) is 5.82 Å². The van der Waals surface area contributed by atoms with Crippen LogP contribution in [0.4, 0.5) is 0 Å². The Bertz CT molecular complexity index is 1250. The zero-order chi connectivity index (χ0) is 21.1. The largest absolute Gasteiger partial charge is 0.286 e. The molecule has 0 saturated heterocycles. The van der Waals surface area contributed by atoms with Crippen LogP contribution in [0.3, 0.4) is 0 Å². The summed E-state index contributed by atoms with van der Waals surface area (Å²) in [6, 6.07) is 15.5. The number of fused-ring (bicyclic) bond motifs is 3. The predicted molar refractivity (Wildman–Crippen MR) is 96.2 cm³/mol. The van der Waals surface area contributed by atoms with Gasteiger partial charge in [-0.1, -0.05) is 24.3 Å². The van der Waals surface area contributed by atoms with Gasteiger partial charge in [0.25, 0.3) is 5.82 Å². The number of para-hydroxylation sites is 2. The Labute approximate surface area is 145 Å². The molecule has 2 heterocycles. The Hall–Kier alpha value is -2.61. The van der Waals surface area contributed by atoms with Crippen LogP contribution in [0.25, 0.3) is 27.6 Å². The third-order valence-corrected chi connectivity index (χ3v) is 4.37. The molecule has 0 saturated carbocycles. The molecule has 2 nitrogen and oxygen atoms in total. The van der Waals surface area contributed by atoms with Crippen molar-refractivity contribution in [2.45, 2.75) is 20.6 Å². The summed E-state index contributed by atoms with van der Waals surface area (Å²) in [6.07, 6.45) is 1.42. The third kappa shape index (κ3) is 1.98. The summed E-state index contributed by atoms with van der Waals surface area (Å²) in [5.41, 5.74) is 2.66. The van der Waals surface area contributed by atoms with E-state index in [1.54, 1.807) is 11.6 Å². The number of hydrogen-bond acceptors (Lipinski definition) is 0. The minimum Gasteiger partial charge on any atom is -0.236 e. The molecule has 0 aliphatic rings. The summed E-state index contributed by atoms with van der Waals surface area (Å²) < 4.78 is 50.8. The second-order valence-electron chi connectivity index (χ2n) is 5.89. The quantitative estimate of drug-likeness (QED) is 0.457. The molecule has 0 N–H and O–H groups in total. The fraction of sp³-hybridized carbons (Fsp3) is 0.190. The van der Waals surface area contributed by atoms with Gasteiger partial charge >= 0.3 is 0 Å². The molecule has 0 fully saturated rings. The van der Waals surface area contributed by atoms with Crippen LogP contribution in [-0.2, 0) is 7.05 Å². The van der Waals surface area contributed by atoms with Gasteiger partial charge in [-0.25, -0.2) is 4.57 Å².